The molecule has 1 aliphatic rings. The van der Waals surface area contributed by atoms with Gasteiger partial charge in [-0.05, 0) is 62.8 Å². The third kappa shape index (κ3) is 4.45. The molecule has 0 aromatic heterocycles. The molecule has 1 aromatic rings. The molecule has 1 aliphatic carbocycles. The van der Waals surface area contributed by atoms with Gasteiger partial charge in [0.05, 0.1) is 0 Å². The van der Waals surface area contributed by atoms with Gasteiger partial charge in [-0.1, -0.05) is 37.1 Å². The van der Waals surface area contributed by atoms with E-state index in [1.165, 1.54) is 31.2 Å². The van der Waals surface area contributed by atoms with Gasteiger partial charge in [0.2, 0.25) is 0 Å². The summed E-state index contributed by atoms with van der Waals surface area (Å²) in [6, 6.07) is 8.96. The summed E-state index contributed by atoms with van der Waals surface area (Å²) in [6.45, 7) is 5.65. The van der Waals surface area contributed by atoms with Crippen molar-refractivity contribution in [3.8, 4) is 0 Å². The minimum Gasteiger partial charge on any atom is -0.327 e. The SMILES string of the molecule is CCC1CCC(N)C(CN(C)C(C)c2ccc(Cl)cc2)C1. The molecule has 2 rings (SSSR count). The van der Waals surface area contributed by atoms with E-state index in [1.54, 1.807) is 0 Å². The maximum atomic E-state index is 6.36. The Hall–Kier alpha value is -0.570. The average molecular weight is 309 g/mol. The van der Waals surface area contributed by atoms with Gasteiger partial charge in [-0.2, -0.15) is 0 Å². The molecule has 4 atom stereocenters. The number of benzene rings is 1. The van der Waals surface area contributed by atoms with Gasteiger partial charge in [-0.15, -0.1) is 0 Å². The summed E-state index contributed by atoms with van der Waals surface area (Å²) in [5, 5.41) is 0.800. The monoisotopic (exact) mass is 308 g/mol. The topological polar surface area (TPSA) is 29.3 Å². The van der Waals surface area contributed by atoms with Crippen LogP contribution in [0.3, 0.4) is 0 Å². The van der Waals surface area contributed by atoms with Crippen molar-refractivity contribution in [3.63, 3.8) is 0 Å². The molecule has 1 fully saturated rings. The van der Waals surface area contributed by atoms with E-state index in [-0.39, 0.29) is 0 Å². The van der Waals surface area contributed by atoms with Crippen molar-refractivity contribution in [2.75, 3.05) is 13.6 Å². The molecule has 1 saturated carbocycles. The molecule has 1 aromatic carbocycles. The number of hydrogen-bond donors (Lipinski definition) is 1. The molecular weight excluding hydrogens is 280 g/mol. The summed E-state index contributed by atoms with van der Waals surface area (Å²) in [7, 11) is 2.21. The second-order valence-electron chi connectivity index (χ2n) is 6.68. The molecule has 21 heavy (non-hydrogen) atoms. The van der Waals surface area contributed by atoms with Crippen LogP contribution in [0.1, 0.15) is 51.1 Å². The van der Waals surface area contributed by atoms with Gasteiger partial charge in [0.1, 0.15) is 0 Å². The minimum atomic E-state index is 0.368. The maximum Gasteiger partial charge on any atom is 0.0406 e. The fraction of sp³-hybridized carbons (Fsp3) is 0.667. The summed E-state index contributed by atoms with van der Waals surface area (Å²) < 4.78 is 0. The molecule has 0 spiro atoms. The number of halogens is 1. The average Bonchev–Trinajstić information content (AvgIpc) is 2.49. The molecule has 0 amide bonds. The molecule has 0 heterocycles. The molecule has 2 N–H and O–H groups in total. The zero-order chi connectivity index (χ0) is 15.4. The smallest absolute Gasteiger partial charge is 0.0406 e. The van der Waals surface area contributed by atoms with Crippen LogP contribution >= 0.6 is 11.6 Å². The van der Waals surface area contributed by atoms with Crippen molar-refractivity contribution in [2.24, 2.45) is 17.6 Å². The Kier molecular flexibility index (Phi) is 6.09. The van der Waals surface area contributed by atoms with Crippen molar-refractivity contribution in [1.29, 1.82) is 0 Å². The van der Waals surface area contributed by atoms with Crippen LogP contribution in [0.25, 0.3) is 0 Å². The van der Waals surface area contributed by atoms with Crippen LogP contribution in [0.15, 0.2) is 24.3 Å². The lowest BCUT2D eigenvalue weighted by molar-refractivity contribution is 0.148. The Morgan fingerprint density at radius 3 is 2.57 bits per heavy atom. The molecule has 0 saturated heterocycles. The van der Waals surface area contributed by atoms with Gasteiger partial charge in [-0.25, -0.2) is 0 Å². The summed E-state index contributed by atoms with van der Waals surface area (Å²) in [5.41, 5.74) is 7.68. The number of hydrogen-bond acceptors (Lipinski definition) is 2. The van der Waals surface area contributed by atoms with E-state index < -0.39 is 0 Å². The van der Waals surface area contributed by atoms with Crippen LogP contribution in [0.4, 0.5) is 0 Å². The van der Waals surface area contributed by atoms with E-state index in [1.807, 2.05) is 12.1 Å². The summed E-state index contributed by atoms with van der Waals surface area (Å²) in [5.74, 6) is 1.50. The highest BCUT2D eigenvalue weighted by atomic mass is 35.5. The fourth-order valence-corrected chi connectivity index (χ4v) is 3.62. The Balaban J connectivity index is 1.96. The van der Waals surface area contributed by atoms with E-state index in [9.17, 15) is 0 Å². The summed E-state index contributed by atoms with van der Waals surface area (Å²) in [4.78, 5) is 2.44. The lowest BCUT2D eigenvalue weighted by atomic mass is 9.77. The zero-order valence-corrected chi connectivity index (χ0v) is 14.3. The van der Waals surface area contributed by atoms with Gasteiger partial charge in [0, 0.05) is 23.7 Å². The molecule has 4 unspecified atom stereocenters. The van der Waals surface area contributed by atoms with Crippen LogP contribution < -0.4 is 5.73 Å². The van der Waals surface area contributed by atoms with Crippen LogP contribution in [0, 0.1) is 11.8 Å². The lowest BCUT2D eigenvalue weighted by Gasteiger charge is -2.37. The van der Waals surface area contributed by atoms with Crippen molar-refractivity contribution < 1.29 is 0 Å². The minimum absolute atomic E-state index is 0.368. The number of rotatable bonds is 5. The molecule has 0 aliphatic heterocycles. The quantitative estimate of drug-likeness (QED) is 0.868. The lowest BCUT2D eigenvalue weighted by Crippen LogP contribution is -2.42. The highest BCUT2D eigenvalue weighted by molar-refractivity contribution is 6.30. The van der Waals surface area contributed by atoms with Crippen molar-refractivity contribution in [1.82, 2.24) is 4.90 Å². The molecular formula is C18H29ClN2. The largest absolute Gasteiger partial charge is 0.327 e. The Bertz CT molecular complexity index is 431. The highest BCUT2D eigenvalue weighted by Crippen LogP contribution is 2.32. The zero-order valence-electron chi connectivity index (χ0n) is 13.6. The van der Waals surface area contributed by atoms with Gasteiger partial charge >= 0.3 is 0 Å². The second kappa shape index (κ2) is 7.62. The van der Waals surface area contributed by atoms with E-state index in [4.69, 9.17) is 17.3 Å². The summed E-state index contributed by atoms with van der Waals surface area (Å²) in [6.07, 6.45) is 5.08. The molecule has 0 radical (unpaired) electrons. The summed E-state index contributed by atoms with van der Waals surface area (Å²) >= 11 is 5.97. The highest BCUT2D eigenvalue weighted by Gasteiger charge is 2.29. The predicted octanol–water partition coefficient (Wildman–Crippen LogP) is 4.49. The van der Waals surface area contributed by atoms with Gasteiger partial charge in [0.25, 0.3) is 0 Å². The van der Waals surface area contributed by atoms with E-state index in [0.717, 1.165) is 17.5 Å². The normalized spacial score (nSPS) is 27.8. The standard InChI is InChI=1S/C18H29ClN2/c1-4-14-5-10-18(20)16(11-14)12-21(3)13(2)15-6-8-17(19)9-7-15/h6-9,13-14,16,18H,4-5,10-12,20H2,1-3H3. The third-order valence-corrected chi connectivity index (χ3v) is 5.52. The number of nitrogens with two attached hydrogens (primary N) is 1. The van der Waals surface area contributed by atoms with Crippen molar-refractivity contribution in [3.05, 3.63) is 34.9 Å². The first kappa shape index (κ1) is 16.8. The number of nitrogens with zero attached hydrogens (tertiary/aromatic N) is 1. The van der Waals surface area contributed by atoms with E-state index >= 15 is 0 Å². The maximum absolute atomic E-state index is 6.36. The van der Waals surface area contributed by atoms with Gasteiger partial charge in [-0.3, -0.25) is 4.90 Å². The molecule has 0 bridgehead atoms. The molecule has 2 nitrogen and oxygen atoms in total. The first-order valence-corrected chi connectivity index (χ1v) is 8.60. The van der Waals surface area contributed by atoms with Crippen LogP contribution in [0.5, 0.6) is 0 Å². The van der Waals surface area contributed by atoms with E-state index in [0.29, 0.717) is 18.0 Å². The van der Waals surface area contributed by atoms with Crippen molar-refractivity contribution >= 4 is 11.6 Å². The fourth-order valence-electron chi connectivity index (χ4n) is 3.49. The Morgan fingerprint density at radius 1 is 1.29 bits per heavy atom. The van der Waals surface area contributed by atoms with Crippen molar-refractivity contribution in [2.45, 2.75) is 51.6 Å². The Morgan fingerprint density at radius 2 is 1.95 bits per heavy atom. The van der Waals surface area contributed by atoms with E-state index in [2.05, 4.69) is 37.9 Å². The second-order valence-corrected chi connectivity index (χ2v) is 7.11. The predicted molar refractivity (Wildman–Crippen MR) is 91.6 cm³/mol. The van der Waals surface area contributed by atoms with Gasteiger partial charge in [0.15, 0.2) is 0 Å². The van der Waals surface area contributed by atoms with Gasteiger partial charge < -0.3 is 5.73 Å². The third-order valence-electron chi connectivity index (χ3n) is 5.26. The Labute approximate surface area is 134 Å². The first-order chi connectivity index (χ1) is 10.0. The van der Waals surface area contributed by atoms with Crippen LogP contribution in [-0.2, 0) is 0 Å². The van der Waals surface area contributed by atoms with Crippen LogP contribution in [0.2, 0.25) is 5.02 Å². The first-order valence-electron chi connectivity index (χ1n) is 8.22. The molecule has 118 valence electrons. The molecule has 3 heteroatoms. The van der Waals surface area contributed by atoms with Crippen LogP contribution in [-0.4, -0.2) is 24.5 Å².